The van der Waals surface area contributed by atoms with Crippen LogP contribution < -0.4 is 15.4 Å². The van der Waals surface area contributed by atoms with Crippen LogP contribution >= 0.6 is 0 Å². The Morgan fingerprint density at radius 1 is 1.47 bits per heavy atom. The van der Waals surface area contributed by atoms with Crippen LogP contribution in [0.4, 0.5) is 4.39 Å². The SMILES string of the molecule is O=C1CC(NCC(O)COc2ccc(F)cc2)CN1. The zero-order valence-corrected chi connectivity index (χ0v) is 10.4. The van der Waals surface area contributed by atoms with Crippen LogP contribution in [0, 0.1) is 5.82 Å². The number of ether oxygens (including phenoxy) is 1. The highest BCUT2D eigenvalue weighted by Crippen LogP contribution is 2.11. The fourth-order valence-corrected chi connectivity index (χ4v) is 1.83. The summed E-state index contributed by atoms with van der Waals surface area (Å²) in [5, 5.41) is 15.5. The Kier molecular flexibility index (Phi) is 4.70. The lowest BCUT2D eigenvalue weighted by atomic mass is 10.2. The number of carbonyl (C=O) groups excluding carboxylic acids is 1. The van der Waals surface area contributed by atoms with Gasteiger partial charge in [0, 0.05) is 25.6 Å². The highest BCUT2D eigenvalue weighted by atomic mass is 19.1. The van der Waals surface area contributed by atoms with E-state index in [2.05, 4.69) is 10.6 Å². The summed E-state index contributed by atoms with van der Waals surface area (Å²) in [5.74, 6) is 0.209. The van der Waals surface area contributed by atoms with E-state index in [1.165, 1.54) is 24.3 Å². The van der Waals surface area contributed by atoms with Crippen LogP contribution in [0.5, 0.6) is 5.75 Å². The average Bonchev–Trinajstić information content (AvgIpc) is 2.81. The molecule has 1 aliphatic heterocycles. The molecule has 6 heteroatoms. The summed E-state index contributed by atoms with van der Waals surface area (Å²) < 4.78 is 18.0. The Morgan fingerprint density at radius 3 is 2.84 bits per heavy atom. The average molecular weight is 268 g/mol. The molecule has 1 fully saturated rings. The van der Waals surface area contributed by atoms with Crippen LogP contribution in [0.15, 0.2) is 24.3 Å². The topological polar surface area (TPSA) is 70.6 Å². The molecule has 104 valence electrons. The van der Waals surface area contributed by atoms with Gasteiger partial charge in [-0.2, -0.15) is 0 Å². The fourth-order valence-electron chi connectivity index (χ4n) is 1.83. The van der Waals surface area contributed by atoms with E-state index in [1.54, 1.807) is 0 Å². The number of amides is 1. The first-order chi connectivity index (χ1) is 9.13. The Labute approximate surface area is 110 Å². The number of carbonyl (C=O) groups is 1. The van der Waals surface area contributed by atoms with Crippen molar-refractivity contribution in [1.29, 1.82) is 0 Å². The molecule has 1 aromatic carbocycles. The molecule has 1 aliphatic rings. The number of halogens is 1. The summed E-state index contributed by atoms with van der Waals surface area (Å²) >= 11 is 0. The molecule has 1 aromatic rings. The van der Waals surface area contributed by atoms with E-state index in [0.717, 1.165) is 0 Å². The van der Waals surface area contributed by atoms with Crippen molar-refractivity contribution in [2.24, 2.45) is 0 Å². The van der Waals surface area contributed by atoms with Crippen LogP contribution in [-0.4, -0.2) is 42.9 Å². The number of rotatable bonds is 6. The molecule has 2 atom stereocenters. The molecule has 1 saturated heterocycles. The van der Waals surface area contributed by atoms with Crippen LogP contribution in [-0.2, 0) is 4.79 Å². The highest BCUT2D eigenvalue weighted by Gasteiger charge is 2.21. The molecule has 0 aromatic heterocycles. The summed E-state index contributed by atoms with van der Waals surface area (Å²) in [6, 6.07) is 5.68. The summed E-state index contributed by atoms with van der Waals surface area (Å²) in [5.41, 5.74) is 0. The Hall–Kier alpha value is -1.66. The van der Waals surface area contributed by atoms with E-state index in [1.807, 2.05) is 0 Å². The molecule has 19 heavy (non-hydrogen) atoms. The monoisotopic (exact) mass is 268 g/mol. The summed E-state index contributed by atoms with van der Waals surface area (Å²) in [6.45, 7) is 1.05. The second-order valence-electron chi connectivity index (χ2n) is 4.53. The third kappa shape index (κ3) is 4.50. The number of aliphatic hydroxyl groups is 1. The molecule has 1 heterocycles. The van der Waals surface area contributed by atoms with Crippen LogP contribution in [0.3, 0.4) is 0 Å². The molecule has 5 nitrogen and oxygen atoms in total. The largest absolute Gasteiger partial charge is 0.491 e. The molecule has 0 bridgehead atoms. The third-order valence-corrected chi connectivity index (χ3v) is 2.88. The molecule has 1 amide bonds. The minimum absolute atomic E-state index is 0.0227. The van der Waals surface area contributed by atoms with Crippen molar-refractivity contribution in [3.05, 3.63) is 30.1 Å². The maximum Gasteiger partial charge on any atom is 0.221 e. The van der Waals surface area contributed by atoms with E-state index in [4.69, 9.17) is 4.74 Å². The van der Waals surface area contributed by atoms with Gasteiger partial charge in [-0.15, -0.1) is 0 Å². The molecular formula is C13H17FN2O3. The number of hydrogen-bond donors (Lipinski definition) is 3. The first-order valence-corrected chi connectivity index (χ1v) is 6.20. The Balaban J connectivity index is 1.65. The normalized spacial score (nSPS) is 20.1. The van der Waals surface area contributed by atoms with Gasteiger partial charge in [-0.3, -0.25) is 4.79 Å². The first-order valence-electron chi connectivity index (χ1n) is 6.20. The molecular weight excluding hydrogens is 251 g/mol. The molecule has 0 spiro atoms. The number of nitrogens with one attached hydrogen (secondary N) is 2. The van der Waals surface area contributed by atoms with Crippen molar-refractivity contribution in [2.75, 3.05) is 19.7 Å². The second-order valence-corrected chi connectivity index (χ2v) is 4.53. The standard InChI is InChI=1S/C13H17FN2O3/c14-9-1-3-12(4-2-9)19-8-11(17)7-15-10-5-13(18)16-6-10/h1-4,10-11,15,17H,5-8H2,(H,16,18). The van der Waals surface area contributed by atoms with Gasteiger partial charge in [0.15, 0.2) is 0 Å². The summed E-state index contributed by atoms with van der Waals surface area (Å²) in [4.78, 5) is 11.0. The molecule has 0 aliphatic carbocycles. The van der Waals surface area contributed by atoms with Gasteiger partial charge in [0.2, 0.25) is 5.91 Å². The van der Waals surface area contributed by atoms with Crippen LogP contribution in [0.2, 0.25) is 0 Å². The Bertz CT molecular complexity index is 424. The van der Waals surface area contributed by atoms with Gasteiger partial charge in [-0.1, -0.05) is 0 Å². The summed E-state index contributed by atoms with van der Waals surface area (Å²) in [6.07, 6.45) is -0.244. The van der Waals surface area contributed by atoms with Gasteiger partial charge in [-0.05, 0) is 24.3 Å². The lowest BCUT2D eigenvalue weighted by Crippen LogP contribution is -2.39. The highest BCUT2D eigenvalue weighted by molar-refractivity contribution is 5.78. The number of benzene rings is 1. The third-order valence-electron chi connectivity index (χ3n) is 2.88. The maximum absolute atomic E-state index is 12.7. The smallest absolute Gasteiger partial charge is 0.221 e. The summed E-state index contributed by atoms with van der Waals surface area (Å²) in [7, 11) is 0. The molecule has 0 radical (unpaired) electrons. The lowest BCUT2D eigenvalue weighted by Gasteiger charge is -2.15. The van der Waals surface area contributed by atoms with E-state index < -0.39 is 6.10 Å². The van der Waals surface area contributed by atoms with Gasteiger partial charge in [-0.25, -0.2) is 4.39 Å². The maximum atomic E-state index is 12.7. The van der Waals surface area contributed by atoms with Crippen LogP contribution in [0.25, 0.3) is 0 Å². The van der Waals surface area contributed by atoms with E-state index >= 15 is 0 Å². The van der Waals surface area contributed by atoms with Crippen molar-refractivity contribution >= 4 is 5.91 Å². The molecule has 2 rings (SSSR count). The van der Waals surface area contributed by atoms with Gasteiger partial charge < -0.3 is 20.5 Å². The van der Waals surface area contributed by atoms with Gasteiger partial charge >= 0.3 is 0 Å². The Morgan fingerprint density at radius 2 is 2.21 bits per heavy atom. The zero-order valence-electron chi connectivity index (χ0n) is 10.4. The first kappa shape index (κ1) is 13.8. The quantitative estimate of drug-likeness (QED) is 0.681. The van der Waals surface area contributed by atoms with Gasteiger partial charge in [0.05, 0.1) is 0 Å². The number of aliphatic hydroxyl groups excluding tert-OH is 1. The molecule has 3 N–H and O–H groups in total. The lowest BCUT2D eigenvalue weighted by molar-refractivity contribution is -0.119. The zero-order chi connectivity index (χ0) is 13.7. The van der Waals surface area contributed by atoms with Crippen molar-refractivity contribution < 1.29 is 19.0 Å². The van der Waals surface area contributed by atoms with Crippen molar-refractivity contribution in [3.63, 3.8) is 0 Å². The minimum atomic E-state index is -0.680. The van der Waals surface area contributed by atoms with Gasteiger partial charge in [0.25, 0.3) is 0 Å². The predicted molar refractivity (Wildman–Crippen MR) is 67.3 cm³/mol. The van der Waals surface area contributed by atoms with E-state index in [9.17, 15) is 14.3 Å². The minimum Gasteiger partial charge on any atom is -0.491 e. The predicted octanol–water partition coefficient (Wildman–Crippen LogP) is 0.0435. The van der Waals surface area contributed by atoms with Crippen LogP contribution in [0.1, 0.15) is 6.42 Å². The molecule has 2 unspecified atom stereocenters. The number of hydrogen-bond acceptors (Lipinski definition) is 4. The van der Waals surface area contributed by atoms with Crippen molar-refractivity contribution in [1.82, 2.24) is 10.6 Å². The van der Waals surface area contributed by atoms with Gasteiger partial charge in [0.1, 0.15) is 24.3 Å². The van der Waals surface area contributed by atoms with E-state index in [0.29, 0.717) is 25.3 Å². The van der Waals surface area contributed by atoms with Crippen molar-refractivity contribution in [2.45, 2.75) is 18.6 Å². The van der Waals surface area contributed by atoms with E-state index in [-0.39, 0.29) is 24.4 Å². The fraction of sp³-hybridized carbons (Fsp3) is 0.462. The molecule has 0 saturated carbocycles. The van der Waals surface area contributed by atoms with Crippen molar-refractivity contribution in [3.8, 4) is 5.75 Å². The second kappa shape index (κ2) is 6.49.